The monoisotopic (exact) mass is 392 g/mol. The van der Waals surface area contributed by atoms with E-state index in [-0.39, 0.29) is 12.5 Å². The first kappa shape index (κ1) is 20.9. The van der Waals surface area contributed by atoms with Crippen LogP contribution in [0.25, 0.3) is 0 Å². The maximum atomic E-state index is 11.6. The van der Waals surface area contributed by atoms with E-state index >= 15 is 0 Å². The summed E-state index contributed by atoms with van der Waals surface area (Å²) < 4.78 is 11.3. The van der Waals surface area contributed by atoms with Crippen molar-refractivity contribution in [3.8, 4) is 11.5 Å². The van der Waals surface area contributed by atoms with Crippen molar-refractivity contribution in [1.82, 2.24) is 20.0 Å². The fraction of sp³-hybridized carbons (Fsp3) is 0.650. The third kappa shape index (κ3) is 6.07. The van der Waals surface area contributed by atoms with Crippen LogP contribution in [0, 0.1) is 0 Å². The van der Waals surface area contributed by atoms with Crippen molar-refractivity contribution in [2.24, 2.45) is 0 Å². The van der Waals surface area contributed by atoms with Gasteiger partial charge in [0, 0.05) is 52.4 Å². The molecule has 1 aromatic rings. The smallest absolute Gasteiger partial charge is 0.234 e. The molecule has 156 valence electrons. The highest BCUT2D eigenvalue weighted by atomic mass is 16.5. The second-order valence-electron chi connectivity index (χ2n) is 7.61. The second kappa shape index (κ2) is 10.1. The SMILES string of the molecule is COc1ccc(CN2CCNC(=O)C2)cc1OCC(O)CN1CCN(C)CC1. The van der Waals surface area contributed by atoms with Gasteiger partial charge in [0.25, 0.3) is 0 Å². The number of benzene rings is 1. The van der Waals surface area contributed by atoms with Gasteiger partial charge in [0.2, 0.25) is 5.91 Å². The number of carbonyl (C=O) groups excluding carboxylic acids is 1. The number of ether oxygens (including phenoxy) is 2. The summed E-state index contributed by atoms with van der Waals surface area (Å²) in [4.78, 5) is 18.2. The number of nitrogens with zero attached hydrogens (tertiary/aromatic N) is 3. The van der Waals surface area contributed by atoms with Gasteiger partial charge >= 0.3 is 0 Å². The summed E-state index contributed by atoms with van der Waals surface area (Å²) in [5.41, 5.74) is 1.05. The van der Waals surface area contributed by atoms with Crippen LogP contribution in [0.15, 0.2) is 18.2 Å². The molecule has 2 aliphatic rings. The zero-order valence-corrected chi connectivity index (χ0v) is 16.9. The highest BCUT2D eigenvalue weighted by molar-refractivity contribution is 5.78. The van der Waals surface area contributed by atoms with Crippen LogP contribution in [0.1, 0.15) is 5.56 Å². The van der Waals surface area contributed by atoms with E-state index in [2.05, 4.69) is 27.1 Å². The van der Waals surface area contributed by atoms with Crippen molar-refractivity contribution in [3.05, 3.63) is 23.8 Å². The lowest BCUT2D eigenvalue weighted by Crippen LogP contribution is -2.47. The number of hydrogen-bond donors (Lipinski definition) is 2. The van der Waals surface area contributed by atoms with E-state index in [9.17, 15) is 9.90 Å². The molecule has 28 heavy (non-hydrogen) atoms. The Bertz CT molecular complexity index is 649. The largest absolute Gasteiger partial charge is 0.493 e. The van der Waals surface area contributed by atoms with E-state index in [1.165, 1.54) is 0 Å². The first-order chi connectivity index (χ1) is 13.5. The zero-order valence-electron chi connectivity index (χ0n) is 16.9. The van der Waals surface area contributed by atoms with Gasteiger partial charge in [-0.3, -0.25) is 14.6 Å². The minimum atomic E-state index is -0.553. The zero-order chi connectivity index (χ0) is 19.9. The average Bonchev–Trinajstić information content (AvgIpc) is 2.68. The number of piperazine rings is 2. The molecule has 0 aromatic heterocycles. The lowest BCUT2D eigenvalue weighted by atomic mass is 10.1. The van der Waals surface area contributed by atoms with Gasteiger partial charge in [-0.2, -0.15) is 0 Å². The molecular formula is C20H32N4O4. The van der Waals surface area contributed by atoms with Gasteiger partial charge in [-0.05, 0) is 24.7 Å². The maximum absolute atomic E-state index is 11.6. The number of β-amino-alcohol motifs (C(OH)–C–C–N with tert-alkyl or cyclic N) is 1. The van der Waals surface area contributed by atoms with Gasteiger partial charge in [0.05, 0.1) is 13.7 Å². The number of likely N-dealkylation sites (N-methyl/N-ethyl adjacent to an activating group) is 1. The van der Waals surface area contributed by atoms with Crippen LogP contribution >= 0.6 is 0 Å². The molecular weight excluding hydrogens is 360 g/mol. The fourth-order valence-corrected chi connectivity index (χ4v) is 3.58. The van der Waals surface area contributed by atoms with E-state index in [1.54, 1.807) is 7.11 Å². The first-order valence-electron chi connectivity index (χ1n) is 9.91. The minimum Gasteiger partial charge on any atom is -0.493 e. The van der Waals surface area contributed by atoms with Crippen LogP contribution in [0.2, 0.25) is 0 Å². The molecule has 2 saturated heterocycles. The molecule has 2 N–H and O–H groups in total. The Hall–Kier alpha value is -1.87. The molecule has 0 saturated carbocycles. The summed E-state index contributed by atoms with van der Waals surface area (Å²) in [5.74, 6) is 1.33. The lowest BCUT2D eigenvalue weighted by molar-refractivity contribution is -0.124. The number of rotatable bonds is 8. The van der Waals surface area contributed by atoms with Crippen LogP contribution in [0.5, 0.6) is 11.5 Å². The molecule has 1 amide bonds. The number of methoxy groups -OCH3 is 1. The van der Waals surface area contributed by atoms with Crippen molar-refractivity contribution >= 4 is 5.91 Å². The third-order valence-electron chi connectivity index (χ3n) is 5.25. The quantitative estimate of drug-likeness (QED) is 0.624. The van der Waals surface area contributed by atoms with E-state index in [0.29, 0.717) is 37.7 Å². The molecule has 0 aliphatic carbocycles. The van der Waals surface area contributed by atoms with E-state index in [0.717, 1.165) is 38.3 Å². The maximum Gasteiger partial charge on any atom is 0.234 e. The molecule has 0 bridgehead atoms. The Labute approximate surface area is 167 Å². The molecule has 1 aromatic carbocycles. The van der Waals surface area contributed by atoms with Crippen molar-refractivity contribution in [2.75, 3.05) is 73.1 Å². The highest BCUT2D eigenvalue weighted by Gasteiger charge is 2.19. The predicted molar refractivity (Wildman–Crippen MR) is 107 cm³/mol. The number of nitrogens with one attached hydrogen (secondary N) is 1. The Morgan fingerprint density at radius 1 is 1.14 bits per heavy atom. The second-order valence-corrected chi connectivity index (χ2v) is 7.61. The number of aliphatic hydroxyl groups is 1. The van der Waals surface area contributed by atoms with Gasteiger partial charge in [-0.1, -0.05) is 6.07 Å². The fourth-order valence-electron chi connectivity index (χ4n) is 3.58. The molecule has 8 nitrogen and oxygen atoms in total. The first-order valence-corrected chi connectivity index (χ1v) is 9.91. The van der Waals surface area contributed by atoms with Crippen LogP contribution in [0.3, 0.4) is 0 Å². The predicted octanol–water partition coefficient (Wildman–Crippen LogP) is -0.386. The summed E-state index contributed by atoms with van der Waals surface area (Å²) in [6.07, 6.45) is -0.553. The molecule has 2 heterocycles. The number of aliphatic hydroxyl groups excluding tert-OH is 1. The van der Waals surface area contributed by atoms with Gasteiger partial charge in [0.1, 0.15) is 12.7 Å². The Morgan fingerprint density at radius 3 is 2.64 bits per heavy atom. The van der Waals surface area contributed by atoms with Crippen molar-refractivity contribution in [3.63, 3.8) is 0 Å². The molecule has 3 rings (SSSR count). The third-order valence-corrected chi connectivity index (χ3v) is 5.25. The van der Waals surface area contributed by atoms with Gasteiger partial charge in [-0.25, -0.2) is 0 Å². The van der Waals surface area contributed by atoms with Crippen LogP contribution in [-0.2, 0) is 11.3 Å². The summed E-state index contributed by atoms with van der Waals surface area (Å²) in [5, 5.41) is 13.2. The highest BCUT2D eigenvalue weighted by Crippen LogP contribution is 2.29. The minimum absolute atomic E-state index is 0.0586. The standard InChI is InChI=1S/C20H32N4O4/c1-22-7-9-23(10-8-22)13-17(25)15-28-19-11-16(3-4-18(19)27-2)12-24-6-5-21-20(26)14-24/h3-4,11,17,25H,5-10,12-15H2,1-2H3,(H,21,26). The van der Waals surface area contributed by atoms with Crippen LogP contribution in [-0.4, -0.2) is 105 Å². The van der Waals surface area contributed by atoms with E-state index in [1.807, 2.05) is 18.2 Å². The molecule has 1 unspecified atom stereocenters. The van der Waals surface area contributed by atoms with Gasteiger partial charge < -0.3 is 24.8 Å². The Balaban J connectivity index is 1.53. The molecule has 1 atom stereocenters. The van der Waals surface area contributed by atoms with E-state index < -0.39 is 6.10 Å². The average molecular weight is 393 g/mol. The Kier molecular flexibility index (Phi) is 7.50. The number of carbonyl (C=O) groups is 1. The molecule has 0 spiro atoms. The molecule has 2 fully saturated rings. The normalized spacial score (nSPS) is 20.6. The summed E-state index contributed by atoms with van der Waals surface area (Å²) >= 11 is 0. The van der Waals surface area contributed by atoms with Gasteiger partial charge in [-0.15, -0.1) is 0 Å². The van der Waals surface area contributed by atoms with Crippen molar-refractivity contribution in [1.29, 1.82) is 0 Å². The molecule has 8 heteroatoms. The molecule has 2 aliphatic heterocycles. The van der Waals surface area contributed by atoms with Gasteiger partial charge in [0.15, 0.2) is 11.5 Å². The summed E-state index contributed by atoms with van der Waals surface area (Å²) in [7, 11) is 3.73. The molecule has 0 radical (unpaired) electrons. The lowest BCUT2D eigenvalue weighted by Gasteiger charge is -2.33. The summed E-state index contributed by atoms with van der Waals surface area (Å²) in [6.45, 7) is 7.41. The van der Waals surface area contributed by atoms with Crippen molar-refractivity contribution < 1.29 is 19.4 Å². The number of hydrogen-bond acceptors (Lipinski definition) is 7. The summed E-state index contributed by atoms with van der Waals surface area (Å²) in [6, 6.07) is 5.80. The van der Waals surface area contributed by atoms with Crippen molar-refractivity contribution in [2.45, 2.75) is 12.6 Å². The number of amides is 1. The van der Waals surface area contributed by atoms with Crippen LogP contribution < -0.4 is 14.8 Å². The Morgan fingerprint density at radius 2 is 1.93 bits per heavy atom. The topological polar surface area (TPSA) is 77.5 Å². The van der Waals surface area contributed by atoms with Crippen LogP contribution in [0.4, 0.5) is 0 Å². The van der Waals surface area contributed by atoms with E-state index in [4.69, 9.17) is 9.47 Å².